The Kier molecular flexibility index (Phi) is 15.1. The van der Waals surface area contributed by atoms with Crippen molar-refractivity contribution in [3.8, 4) is 17.6 Å². The number of carbonyl (C=O) groups excluding carboxylic acids is 2. The number of aliphatic hydroxyl groups is 4. The number of benzene rings is 5. The third kappa shape index (κ3) is 9.13. The van der Waals surface area contributed by atoms with E-state index in [4.69, 9.17) is 23.4 Å². The molecule has 0 radical (unpaired) electrons. The van der Waals surface area contributed by atoms with Crippen LogP contribution >= 0.6 is 0 Å². The number of esters is 2. The zero-order valence-corrected chi connectivity index (χ0v) is 53.4. The largest absolute Gasteiger partial charge is 0.481 e. The van der Waals surface area contributed by atoms with Crippen molar-refractivity contribution in [2.75, 3.05) is 26.6 Å². The highest BCUT2D eigenvalue weighted by molar-refractivity contribution is 5.91. The van der Waals surface area contributed by atoms with Gasteiger partial charge in [0.15, 0.2) is 17.8 Å². The van der Waals surface area contributed by atoms with Crippen LogP contribution in [0.15, 0.2) is 136 Å². The van der Waals surface area contributed by atoms with E-state index < -0.39 is 54.7 Å². The molecule has 12 heteroatoms. The summed E-state index contributed by atoms with van der Waals surface area (Å²) in [4.78, 5) is 47.5. The monoisotopic (exact) mass is 1260 g/mol. The molecule has 6 aromatic rings. The third-order valence-electron chi connectivity index (χ3n) is 25.3. The maximum absolute atomic E-state index is 16.4. The Bertz CT molecular complexity index is 4360. The maximum atomic E-state index is 16.4. The van der Waals surface area contributed by atoms with E-state index in [0.717, 1.165) is 38.5 Å². The fraction of sp³-hybridized carbons (Fsp3) is 0.451. The van der Waals surface area contributed by atoms with Gasteiger partial charge in [0.2, 0.25) is 0 Å². The van der Waals surface area contributed by atoms with Gasteiger partial charge in [0.1, 0.15) is 18.1 Å². The SMILES string of the molecule is C/C(CO)=C1\C[C@@H]2CC[C@@H]3C[C@@H]4[C@H]5C=Cc6ccccc6[C@@H]5C[C@@H]4[C@]45CC#CCc6c(ccc2c63)[C@@H]2C=C[C@@H](c3cccc6c3CC[C@@H]3CCC[C@H]7C=Cc8ccccc8[C@@]637)C[C@H]2CC(=O)O[C@H](c2c(ccc3c(CO)c([C@H](CCO)COCO)c(=O)oc23)O4)[C@@H]5OC1=O. The van der Waals surface area contributed by atoms with Gasteiger partial charge in [-0.2, -0.15) is 0 Å². The summed E-state index contributed by atoms with van der Waals surface area (Å²) in [6.45, 7) is -0.292. The van der Waals surface area contributed by atoms with E-state index in [0.29, 0.717) is 54.1 Å². The van der Waals surface area contributed by atoms with Crippen molar-refractivity contribution in [3.05, 3.63) is 215 Å². The lowest BCUT2D eigenvalue weighted by Gasteiger charge is -2.55. The molecule has 482 valence electrons. The van der Waals surface area contributed by atoms with Crippen LogP contribution in [-0.4, -0.2) is 70.7 Å². The van der Waals surface area contributed by atoms with Crippen LogP contribution in [0.3, 0.4) is 0 Å². The van der Waals surface area contributed by atoms with Crippen LogP contribution in [-0.2, 0) is 48.7 Å². The molecule has 5 aromatic carbocycles. The molecule has 1 saturated heterocycles. The van der Waals surface area contributed by atoms with Gasteiger partial charge in [-0.25, -0.2) is 9.59 Å². The van der Waals surface area contributed by atoms with Gasteiger partial charge in [0, 0.05) is 65.1 Å². The molecule has 1 aromatic heterocycles. The van der Waals surface area contributed by atoms with Gasteiger partial charge >= 0.3 is 17.6 Å². The molecule has 8 aliphatic carbocycles. The molecular formula is C82H82O12. The highest BCUT2D eigenvalue weighted by Crippen LogP contribution is 2.65. The van der Waals surface area contributed by atoms with E-state index >= 15 is 9.59 Å². The lowest BCUT2D eigenvalue weighted by atomic mass is 9.48. The molecule has 4 heterocycles. The van der Waals surface area contributed by atoms with Crippen LogP contribution in [0.5, 0.6) is 5.75 Å². The smallest absolute Gasteiger partial charge is 0.340 e. The van der Waals surface area contributed by atoms with Crippen molar-refractivity contribution in [2.24, 2.45) is 35.5 Å². The van der Waals surface area contributed by atoms with Gasteiger partial charge in [-0.3, -0.25) is 4.79 Å². The second-order valence-corrected chi connectivity index (χ2v) is 29.3. The van der Waals surface area contributed by atoms with Gasteiger partial charge in [-0.05, 0) is 209 Å². The lowest BCUT2D eigenvalue weighted by Crippen LogP contribution is -2.61. The van der Waals surface area contributed by atoms with Gasteiger partial charge in [0.25, 0.3) is 0 Å². The van der Waals surface area contributed by atoms with Crippen molar-refractivity contribution >= 4 is 35.1 Å². The number of hydrogen-bond acceptors (Lipinski definition) is 12. The summed E-state index contributed by atoms with van der Waals surface area (Å²) in [6, 6.07) is 33.0. The third-order valence-corrected chi connectivity index (χ3v) is 25.3. The van der Waals surface area contributed by atoms with E-state index in [1.54, 1.807) is 19.1 Å². The quantitative estimate of drug-likeness (QED) is 0.0269. The van der Waals surface area contributed by atoms with Crippen LogP contribution in [0.25, 0.3) is 23.1 Å². The van der Waals surface area contributed by atoms with E-state index in [9.17, 15) is 25.2 Å². The van der Waals surface area contributed by atoms with Gasteiger partial charge in [-0.1, -0.05) is 134 Å². The maximum Gasteiger partial charge on any atom is 0.340 e. The van der Waals surface area contributed by atoms with E-state index in [2.05, 4.69) is 127 Å². The summed E-state index contributed by atoms with van der Waals surface area (Å²) in [5, 5.41) is 43.1. The highest BCUT2D eigenvalue weighted by atomic mass is 16.6. The molecule has 2 saturated carbocycles. The molecule has 12 nitrogen and oxygen atoms in total. The Balaban J connectivity index is 0.902. The number of fused-ring (bicyclic) bond motifs is 16. The molecule has 11 aliphatic rings. The minimum Gasteiger partial charge on any atom is -0.481 e. The summed E-state index contributed by atoms with van der Waals surface area (Å²) in [7, 11) is 0. The Hall–Kier alpha value is -7.63. The lowest BCUT2D eigenvalue weighted by molar-refractivity contribution is -0.205. The van der Waals surface area contributed by atoms with Crippen molar-refractivity contribution in [1.82, 2.24) is 0 Å². The molecule has 4 N–H and O–H groups in total. The normalized spacial score (nSPS) is 32.7. The summed E-state index contributed by atoms with van der Waals surface area (Å²) in [6.07, 6.45) is 22.0. The topological polar surface area (TPSA) is 182 Å². The molecule has 5 bridgehead atoms. The number of rotatable bonds is 9. The van der Waals surface area contributed by atoms with Crippen molar-refractivity contribution < 1.29 is 53.4 Å². The highest BCUT2D eigenvalue weighted by Gasteiger charge is 2.65. The zero-order valence-electron chi connectivity index (χ0n) is 53.4. The molecule has 94 heavy (non-hydrogen) atoms. The Labute approximate surface area is 548 Å². The van der Waals surface area contributed by atoms with Crippen LogP contribution < -0.4 is 10.4 Å². The first kappa shape index (κ1) is 60.1. The van der Waals surface area contributed by atoms with E-state index in [1.807, 2.05) is 0 Å². The zero-order chi connectivity index (χ0) is 63.7. The van der Waals surface area contributed by atoms with Crippen LogP contribution in [0, 0.1) is 47.3 Å². The Morgan fingerprint density at radius 3 is 2.41 bits per heavy atom. The Morgan fingerprint density at radius 2 is 1.55 bits per heavy atom. The molecule has 3 fully saturated rings. The number of hydrogen-bond donors (Lipinski definition) is 4. The first-order chi connectivity index (χ1) is 46.0. The predicted molar refractivity (Wildman–Crippen MR) is 357 cm³/mol. The number of carbonyl (C=O) groups is 2. The average molecular weight is 1260 g/mol. The van der Waals surface area contributed by atoms with Crippen molar-refractivity contribution in [3.63, 3.8) is 0 Å². The summed E-state index contributed by atoms with van der Waals surface area (Å²) < 4.78 is 34.7. The van der Waals surface area contributed by atoms with Crippen LogP contribution in [0.4, 0.5) is 0 Å². The molecule has 2 spiro atoms. The average Bonchev–Trinajstić information content (AvgIpc) is 1.00. The summed E-state index contributed by atoms with van der Waals surface area (Å²) in [5.74, 6) is 6.06. The van der Waals surface area contributed by atoms with Crippen LogP contribution in [0.1, 0.15) is 210 Å². The minimum absolute atomic E-state index is 0.00238. The van der Waals surface area contributed by atoms with Crippen LogP contribution in [0.2, 0.25) is 0 Å². The first-order valence-electron chi connectivity index (χ1n) is 34.9. The minimum atomic E-state index is -1.48. The molecule has 3 aliphatic heterocycles. The second kappa shape index (κ2) is 23.6. The van der Waals surface area contributed by atoms with Gasteiger partial charge in [0.05, 0.1) is 31.8 Å². The van der Waals surface area contributed by atoms with Crippen molar-refractivity contribution in [2.45, 2.75) is 169 Å². The van der Waals surface area contributed by atoms with Crippen molar-refractivity contribution in [1.29, 1.82) is 0 Å². The molecule has 17 rings (SSSR count). The fourth-order valence-electron chi connectivity index (χ4n) is 21.5. The predicted octanol–water partition coefficient (Wildman–Crippen LogP) is 13.6. The first-order valence-corrected chi connectivity index (χ1v) is 34.9. The van der Waals surface area contributed by atoms with E-state index in [-0.39, 0.29) is 126 Å². The molecular weight excluding hydrogens is 1180 g/mol. The fourth-order valence-corrected chi connectivity index (χ4v) is 21.5. The summed E-state index contributed by atoms with van der Waals surface area (Å²) in [5.41, 5.74) is 13.3. The molecule has 0 unspecified atom stereocenters. The van der Waals surface area contributed by atoms with E-state index in [1.165, 1.54) is 74.0 Å². The second-order valence-electron chi connectivity index (χ2n) is 29.3. The Morgan fingerprint density at radius 1 is 0.734 bits per heavy atom. The number of allylic oxidation sites excluding steroid dienone is 4. The van der Waals surface area contributed by atoms with Gasteiger partial charge in [-0.15, -0.1) is 0 Å². The molecule has 16 atom stereocenters. The standard InChI is InChI=1S/C82H82O12/c1-45(41-84)64-37-49-19-20-50-38-66-60-27-22-46-10-2-4-14-55(46)65(60)40-70(66)81-34-7-6-15-62-59(30-29-58(49)73(50)62)57-26-23-48(56-16-9-18-69-61(56)28-25-54-13-8-12-53-24-21-47-11-3-5-17-68(47)82(53,54)69)36-52(57)39-72(87)91-77(78(81)93-79(64)88)75-71(94-81)32-31-63-67(42-85)74(80(89)92-76(63)75)51(33-35-83)43-90-44-86/h2-5,9-11,14,16-18,21-24,26-27,29-32,48-54,57,60,65-66,70,77-78,83-86H,8,12-13,15,19-20,25,28,33-44H2,1H3/b64-45-/t48-,49+,50-,51-,52+,53+,54+,57-,60+,65+,66-,70+,77-,78+,81+,82+/m1/s1. The summed E-state index contributed by atoms with van der Waals surface area (Å²) >= 11 is 0. The molecule has 0 amide bonds. The van der Waals surface area contributed by atoms with Gasteiger partial charge < -0.3 is 43.8 Å². The number of aliphatic hydroxyl groups excluding tert-OH is 4. The number of ether oxygens (including phenoxy) is 4.